The average molecular weight is 328 g/mol. The van der Waals surface area contributed by atoms with Gasteiger partial charge in [0.05, 0.1) is 5.69 Å². The van der Waals surface area contributed by atoms with Crippen molar-refractivity contribution in [3.05, 3.63) is 70.9 Å². The van der Waals surface area contributed by atoms with E-state index in [9.17, 15) is 0 Å². The van der Waals surface area contributed by atoms with Gasteiger partial charge in [0, 0.05) is 22.5 Å². The minimum atomic E-state index is 0.659. The summed E-state index contributed by atoms with van der Waals surface area (Å²) >= 11 is 0. The maximum Gasteiger partial charge on any atom is 0.0940 e. The van der Waals surface area contributed by atoms with Crippen LogP contribution in [0.25, 0.3) is 10.9 Å². The molecule has 2 heterocycles. The van der Waals surface area contributed by atoms with Crippen molar-refractivity contribution in [2.45, 2.75) is 38.6 Å². The maximum absolute atomic E-state index is 3.60. The van der Waals surface area contributed by atoms with Crippen LogP contribution in [-0.4, -0.2) is 17.6 Å². The Hall–Kier alpha value is -2.50. The molecule has 1 atom stereocenters. The lowest BCUT2D eigenvalue weighted by atomic mass is 10.0. The fraction of sp³-hybridized carbons (Fsp3) is 0.304. The molecule has 126 valence electrons. The number of H-pyrrole nitrogens is 1. The van der Waals surface area contributed by atoms with Crippen molar-refractivity contribution in [1.29, 1.82) is 0 Å². The summed E-state index contributed by atoms with van der Waals surface area (Å²) in [5, 5.41) is 4.92. The predicted octanol–water partition coefficient (Wildman–Crippen LogP) is 4.56. The van der Waals surface area contributed by atoms with E-state index in [0.29, 0.717) is 6.04 Å². The Labute approximate surface area is 149 Å². The van der Waals surface area contributed by atoms with Crippen LogP contribution in [0.5, 0.6) is 0 Å². The third kappa shape index (κ3) is 3.62. The smallest absolute Gasteiger partial charge is 0.0940 e. The molecule has 1 aromatic heterocycles. The molecule has 0 saturated carbocycles. The molecule has 0 radical (unpaired) electrons. The number of aromatic nitrogens is 1. The molecule has 1 aliphatic heterocycles. The van der Waals surface area contributed by atoms with Crippen LogP contribution in [0.4, 0.5) is 0 Å². The Bertz CT molecular complexity index is 916. The van der Waals surface area contributed by atoms with E-state index in [0.717, 1.165) is 17.7 Å². The van der Waals surface area contributed by atoms with Crippen LogP contribution in [0.15, 0.2) is 48.5 Å². The number of benzene rings is 2. The van der Waals surface area contributed by atoms with Crippen molar-refractivity contribution in [3.63, 3.8) is 0 Å². The summed E-state index contributed by atoms with van der Waals surface area (Å²) in [6, 6.07) is 17.6. The van der Waals surface area contributed by atoms with Crippen molar-refractivity contribution in [2.75, 3.05) is 6.54 Å². The fourth-order valence-corrected chi connectivity index (χ4v) is 3.66. The second-order valence-electron chi connectivity index (χ2n) is 6.97. The van der Waals surface area contributed by atoms with Gasteiger partial charge in [-0.25, -0.2) is 0 Å². The monoisotopic (exact) mass is 328 g/mol. The number of para-hydroxylation sites is 1. The normalized spacial score (nSPS) is 16.8. The van der Waals surface area contributed by atoms with Crippen LogP contribution in [0.3, 0.4) is 0 Å². The van der Waals surface area contributed by atoms with Crippen LogP contribution < -0.4 is 5.32 Å². The first-order chi connectivity index (χ1) is 12.3. The zero-order valence-electron chi connectivity index (χ0n) is 14.7. The number of fused-ring (bicyclic) bond motifs is 1. The molecule has 0 spiro atoms. The Balaban J connectivity index is 1.65. The summed E-state index contributed by atoms with van der Waals surface area (Å²) in [6.07, 6.45) is 4.85. The predicted molar refractivity (Wildman–Crippen MR) is 105 cm³/mol. The molecule has 2 aromatic carbocycles. The summed E-state index contributed by atoms with van der Waals surface area (Å²) in [7, 11) is 0. The number of rotatable bonds is 3. The minimum Gasteiger partial charge on any atom is -0.348 e. The number of hydrogen-bond donors (Lipinski definition) is 2. The lowest BCUT2D eigenvalue weighted by Gasteiger charge is -2.09. The van der Waals surface area contributed by atoms with Crippen molar-refractivity contribution < 1.29 is 0 Å². The zero-order valence-corrected chi connectivity index (χ0v) is 14.7. The molecule has 0 aliphatic carbocycles. The number of aromatic amines is 1. The number of nitrogens with one attached hydrogen (secondary N) is 2. The first-order valence-corrected chi connectivity index (χ1v) is 9.21. The van der Waals surface area contributed by atoms with Crippen LogP contribution in [0.1, 0.15) is 41.6 Å². The molecule has 1 aliphatic rings. The van der Waals surface area contributed by atoms with Gasteiger partial charge in [-0.05, 0) is 68.8 Å². The van der Waals surface area contributed by atoms with Gasteiger partial charge in [-0.15, -0.1) is 0 Å². The third-order valence-electron chi connectivity index (χ3n) is 5.10. The van der Waals surface area contributed by atoms with E-state index in [-0.39, 0.29) is 0 Å². The van der Waals surface area contributed by atoms with E-state index in [4.69, 9.17) is 0 Å². The first-order valence-electron chi connectivity index (χ1n) is 9.21. The quantitative estimate of drug-likeness (QED) is 0.678. The second kappa shape index (κ2) is 7.17. The van der Waals surface area contributed by atoms with Crippen LogP contribution in [0, 0.1) is 18.8 Å². The Kier molecular flexibility index (Phi) is 4.59. The summed E-state index contributed by atoms with van der Waals surface area (Å²) in [5.74, 6) is 6.71. The van der Waals surface area contributed by atoms with Crippen molar-refractivity contribution in [3.8, 4) is 11.8 Å². The van der Waals surface area contributed by atoms with E-state index in [1.165, 1.54) is 47.8 Å². The zero-order chi connectivity index (χ0) is 17.1. The number of hydrogen-bond acceptors (Lipinski definition) is 1. The lowest BCUT2D eigenvalue weighted by Crippen LogP contribution is -2.21. The maximum atomic E-state index is 3.60. The molecule has 4 rings (SSSR count). The van der Waals surface area contributed by atoms with E-state index >= 15 is 0 Å². The topological polar surface area (TPSA) is 27.8 Å². The van der Waals surface area contributed by atoms with Gasteiger partial charge in [0.1, 0.15) is 0 Å². The van der Waals surface area contributed by atoms with E-state index in [1.807, 2.05) is 0 Å². The van der Waals surface area contributed by atoms with Gasteiger partial charge in [0.25, 0.3) is 0 Å². The van der Waals surface area contributed by atoms with Gasteiger partial charge < -0.3 is 10.3 Å². The van der Waals surface area contributed by atoms with Crippen molar-refractivity contribution >= 4 is 10.9 Å². The summed E-state index contributed by atoms with van der Waals surface area (Å²) < 4.78 is 0. The van der Waals surface area contributed by atoms with E-state index in [1.54, 1.807) is 0 Å². The SMILES string of the molecule is Cc1ccc(C#Cc2[nH]c3ccccc3c2CCC2CCCN2)cc1. The Morgan fingerprint density at radius 1 is 1.04 bits per heavy atom. The third-order valence-corrected chi connectivity index (χ3v) is 5.10. The highest BCUT2D eigenvalue weighted by Gasteiger charge is 2.16. The van der Waals surface area contributed by atoms with E-state index < -0.39 is 0 Å². The Morgan fingerprint density at radius 3 is 2.68 bits per heavy atom. The summed E-state index contributed by atoms with van der Waals surface area (Å²) in [6.45, 7) is 3.27. The molecular formula is C23H24N2. The van der Waals surface area contributed by atoms with E-state index in [2.05, 4.69) is 77.6 Å². The lowest BCUT2D eigenvalue weighted by molar-refractivity contribution is 0.560. The Morgan fingerprint density at radius 2 is 1.88 bits per heavy atom. The second-order valence-corrected chi connectivity index (χ2v) is 6.97. The van der Waals surface area contributed by atoms with Crippen LogP contribution in [0.2, 0.25) is 0 Å². The molecule has 1 fully saturated rings. The standard InChI is InChI=1S/C23H24N2/c1-17-8-10-18(11-9-17)12-15-23-21(14-13-19-5-4-16-24-19)20-6-2-3-7-22(20)25-23/h2-3,6-11,19,24-25H,4-5,13-14,16H2,1H3. The number of aryl methyl sites for hydroxylation is 2. The van der Waals surface area contributed by atoms with Gasteiger partial charge in [-0.1, -0.05) is 41.8 Å². The molecule has 1 saturated heterocycles. The highest BCUT2D eigenvalue weighted by Crippen LogP contribution is 2.25. The van der Waals surface area contributed by atoms with Gasteiger partial charge in [0.15, 0.2) is 0 Å². The fourth-order valence-electron chi connectivity index (χ4n) is 3.66. The molecular weight excluding hydrogens is 304 g/mol. The molecule has 2 N–H and O–H groups in total. The molecule has 25 heavy (non-hydrogen) atoms. The van der Waals surface area contributed by atoms with Gasteiger partial charge in [-0.3, -0.25) is 0 Å². The molecule has 2 nitrogen and oxygen atoms in total. The summed E-state index contributed by atoms with van der Waals surface area (Å²) in [5.41, 5.74) is 5.95. The average Bonchev–Trinajstić information content (AvgIpc) is 3.27. The highest BCUT2D eigenvalue weighted by atomic mass is 14.9. The largest absolute Gasteiger partial charge is 0.348 e. The van der Waals surface area contributed by atoms with Gasteiger partial charge >= 0.3 is 0 Å². The van der Waals surface area contributed by atoms with Crippen molar-refractivity contribution in [1.82, 2.24) is 10.3 Å². The van der Waals surface area contributed by atoms with Crippen LogP contribution >= 0.6 is 0 Å². The molecule has 1 unspecified atom stereocenters. The molecule has 0 bridgehead atoms. The van der Waals surface area contributed by atoms with Gasteiger partial charge in [-0.2, -0.15) is 0 Å². The molecule has 3 aromatic rings. The minimum absolute atomic E-state index is 0.659. The highest BCUT2D eigenvalue weighted by molar-refractivity contribution is 5.86. The first kappa shape index (κ1) is 16.0. The summed E-state index contributed by atoms with van der Waals surface area (Å²) in [4.78, 5) is 3.53. The molecule has 2 heteroatoms. The molecule has 0 amide bonds. The van der Waals surface area contributed by atoms with Crippen LogP contribution in [-0.2, 0) is 6.42 Å². The van der Waals surface area contributed by atoms with Crippen molar-refractivity contribution in [2.24, 2.45) is 0 Å². The van der Waals surface area contributed by atoms with Gasteiger partial charge in [0.2, 0.25) is 0 Å².